The summed E-state index contributed by atoms with van der Waals surface area (Å²) in [6.45, 7) is 6.25. The molecule has 0 radical (unpaired) electrons. The van der Waals surface area contributed by atoms with Gasteiger partial charge in [-0.3, -0.25) is 14.3 Å². The third-order valence-corrected chi connectivity index (χ3v) is 5.99. The van der Waals surface area contributed by atoms with Crippen LogP contribution in [-0.2, 0) is 13.0 Å². The highest BCUT2D eigenvalue weighted by molar-refractivity contribution is 7.16. The fourth-order valence-electron chi connectivity index (χ4n) is 3.92. The van der Waals surface area contributed by atoms with Crippen LogP contribution in [0.3, 0.4) is 0 Å². The number of benzene rings is 1. The van der Waals surface area contributed by atoms with Crippen molar-refractivity contribution in [3.8, 4) is 0 Å². The first-order valence-electron chi connectivity index (χ1n) is 8.34. The molecule has 22 heavy (non-hydrogen) atoms. The number of aromatic nitrogens is 1. The molecule has 2 atom stereocenters. The van der Waals surface area contributed by atoms with Gasteiger partial charge < -0.3 is 5.32 Å². The van der Waals surface area contributed by atoms with Crippen LogP contribution in [0.4, 0.5) is 0 Å². The van der Waals surface area contributed by atoms with Gasteiger partial charge in [0.1, 0.15) is 0 Å². The zero-order valence-electron chi connectivity index (χ0n) is 13.0. The van der Waals surface area contributed by atoms with Crippen molar-refractivity contribution in [3.63, 3.8) is 0 Å². The van der Waals surface area contributed by atoms with E-state index >= 15 is 0 Å². The van der Waals surface area contributed by atoms with Crippen LogP contribution >= 0.6 is 11.3 Å². The van der Waals surface area contributed by atoms with Crippen molar-refractivity contribution >= 4 is 21.6 Å². The topological polar surface area (TPSA) is 37.3 Å². The number of hydrogen-bond acceptors (Lipinski definition) is 4. The number of nitrogens with one attached hydrogen (secondary N) is 1. The van der Waals surface area contributed by atoms with Crippen LogP contribution in [-0.4, -0.2) is 41.2 Å². The summed E-state index contributed by atoms with van der Waals surface area (Å²) in [6.07, 6.45) is 3.51. The molecule has 118 valence electrons. The van der Waals surface area contributed by atoms with Crippen LogP contribution in [0.1, 0.15) is 25.3 Å². The summed E-state index contributed by atoms with van der Waals surface area (Å²) in [7, 11) is 0. The molecule has 5 heteroatoms. The summed E-state index contributed by atoms with van der Waals surface area (Å²) >= 11 is 1.39. The molecular weight excluding hydrogens is 294 g/mol. The number of likely N-dealkylation sites (tertiary alicyclic amines) is 1. The zero-order chi connectivity index (χ0) is 15.1. The number of hydrogen-bond donors (Lipinski definition) is 1. The second kappa shape index (κ2) is 5.80. The van der Waals surface area contributed by atoms with Crippen LogP contribution in [0, 0.1) is 0 Å². The Balaban J connectivity index is 1.53. The van der Waals surface area contributed by atoms with Crippen LogP contribution in [0.25, 0.3) is 10.2 Å². The van der Waals surface area contributed by atoms with E-state index in [4.69, 9.17) is 0 Å². The number of rotatable bonds is 5. The summed E-state index contributed by atoms with van der Waals surface area (Å²) in [5.74, 6) is 0. The number of nitrogens with zero attached hydrogens (tertiary/aromatic N) is 2. The van der Waals surface area contributed by atoms with E-state index < -0.39 is 0 Å². The lowest BCUT2D eigenvalue weighted by Crippen LogP contribution is -2.45. The quantitative estimate of drug-likeness (QED) is 0.917. The predicted molar refractivity (Wildman–Crippen MR) is 91.8 cm³/mol. The molecule has 1 aromatic carbocycles. The minimum absolute atomic E-state index is 0.186. The third kappa shape index (κ3) is 2.51. The summed E-state index contributed by atoms with van der Waals surface area (Å²) in [6, 6.07) is 7.87. The molecule has 0 aliphatic carbocycles. The van der Waals surface area contributed by atoms with Crippen molar-refractivity contribution < 1.29 is 0 Å². The molecule has 1 N–H and O–H groups in total. The summed E-state index contributed by atoms with van der Waals surface area (Å²) < 4.78 is 3.11. The van der Waals surface area contributed by atoms with Gasteiger partial charge in [0.15, 0.2) is 0 Å². The second-order valence-corrected chi connectivity index (χ2v) is 7.55. The van der Waals surface area contributed by atoms with E-state index in [0.717, 1.165) is 49.2 Å². The first-order valence-corrected chi connectivity index (χ1v) is 9.16. The van der Waals surface area contributed by atoms with Gasteiger partial charge in [-0.25, -0.2) is 0 Å². The summed E-state index contributed by atoms with van der Waals surface area (Å²) in [5.41, 5.74) is 2.45. The lowest BCUT2D eigenvalue weighted by Gasteiger charge is -2.27. The van der Waals surface area contributed by atoms with Crippen LogP contribution in [0.5, 0.6) is 0 Å². The lowest BCUT2D eigenvalue weighted by atomic mass is 10.1. The first-order chi connectivity index (χ1) is 10.7. The van der Waals surface area contributed by atoms with Crippen molar-refractivity contribution in [2.75, 3.05) is 19.6 Å². The Morgan fingerprint density at radius 1 is 1.36 bits per heavy atom. The molecule has 2 saturated heterocycles. The van der Waals surface area contributed by atoms with Crippen LogP contribution < -0.4 is 10.2 Å². The van der Waals surface area contributed by atoms with Gasteiger partial charge in [0.2, 0.25) is 0 Å². The molecule has 0 amide bonds. The van der Waals surface area contributed by atoms with E-state index in [1.807, 2.05) is 4.57 Å². The van der Waals surface area contributed by atoms with E-state index in [1.54, 1.807) is 0 Å². The Bertz CT molecular complexity index is 735. The Hall–Kier alpha value is -1.17. The number of piperazine rings is 1. The Morgan fingerprint density at radius 2 is 2.27 bits per heavy atom. The van der Waals surface area contributed by atoms with Gasteiger partial charge in [-0.15, -0.1) is 0 Å². The predicted octanol–water partition coefficient (Wildman–Crippen LogP) is 2.06. The van der Waals surface area contributed by atoms with Crippen LogP contribution in [0.15, 0.2) is 23.0 Å². The molecule has 2 bridgehead atoms. The van der Waals surface area contributed by atoms with Gasteiger partial charge in [0.05, 0.1) is 10.2 Å². The molecule has 4 nitrogen and oxygen atoms in total. The van der Waals surface area contributed by atoms with Gasteiger partial charge in [-0.1, -0.05) is 30.7 Å². The fraction of sp³-hybridized carbons (Fsp3) is 0.588. The van der Waals surface area contributed by atoms with Crippen molar-refractivity contribution in [2.24, 2.45) is 0 Å². The zero-order valence-corrected chi connectivity index (χ0v) is 13.9. The first kappa shape index (κ1) is 14.4. The van der Waals surface area contributed by atoms with Crippen molar-refractivity contribution in [1.29, 1.82) is 0 Å². The van der Waals surface area contributed by atoms with Crippen molar-refractivity contribution in [2.45, 2.75) is 44.8 Å². The van der Waals surface area contributed by atoms with Gasteiger partial charge in [-0.05, 0) is 30.5 Å². The second-order valence-electron chi connectivity index (χ2n) is 6.56. The fourth-order valence-corrected chi connectivity index (χ4v) is 4.90. The summed E-state index contributed by atoms with van der Waals surface area (Å²) in [4.78, 5) is 15.1. The molecular formula is C17H23N3OS. The molecule has 3 heterocycles. The number of aryl methyl sites for hydroxylation is 1. The van der Waals surface area contributed by atoms with E-state index in [9.17, 15) is 4.79 Å². The highest BCUT2D eigenvalue weighted by Crippen LogP contribution is 2.24. The van der Waals surface area contributed by atoms with Gasteiger partial charge in [0.25, 0.3) is 0 Å². The molecule has 2 aliphatic rings. The maximum absolute atomic E-state index is 12.3. The number of thiazole rings is 1. The Labute approximate surface area is 134 Å². The molecule has 1 aromatic heterocycles. The van der Waals surface area contributed by atoms with Gasteiger partial charge >= 0.3 is 4.87 Å². The highest BCUT2D eigenvalue weighted by Gasteiger charge is 2.36. The maximum Gasteiger partial charge on any atom is 0.308 e. The van der Waals surface area contributed by atoms with Gasteiger partial charge in [-0.2, -0.15) is 0 Å². The van der Waals surface area contributed by atoms with Crippen molar-refractivity contribution in [3.05, 3.63) is 33.4 Å². The van der Waals surface area contributed by atoms with E-state index in [1.165, 1.54) is 23.3 Å². The highest BCUT2D eigenvalue weighted by atomic mass is 32.1. The monoisotopic (exact) mass is 317 g/mol. The number of fused-ring (bicyclic) bond motifs is 3. The molecule has 4 rings (SSSR count). The molecule has 0 unspecified atom stereocenters. The van der Waals surface area contributed by atoms with Crippen molar-refractivity contribution in [1.82, 2.24) is 14.8 Å². The van der Waals surface area contributed by atoms with E-state index in [-0.39, 0.29) is 4.87 Å². The van der Waals surface area contributed by atoms with E-state index in [2.05, 4.69) is 35.3 Å². The normalized spacial score (nSPS) is 24.6. The standard InChI is InChI=1S/C17H23N3OS/c1-2-3-12-4-5-15-16(8-12)22-17(21)20(15)7-6-19-11-13-9-14(19)10-18-13/h4-5,8,13-14,18H,2-3,6-7,9-11H2,1H3/t13-,14-/m1/s1. The Kier molecular flexibility index (Phi) is 3.80. The molecule has 2 aliphatic heterocycles. The Morgan fingerprint density at radius 3 is 3.00 bits per heavy atom. The minimum atomic E-state index is 0.186. The minimum Gasteiger partial charge on any atom is -0.311 e. The molecule has 0 spiro atoms. The average Bonchev–Trinajstić information content (AvgIpc) is 3.19. The summed E-state index contributed by atoms with van der Waals surface area (Å²) in [5, 5.41) is 3.53. The lowest BCUT2D eigenvalue weighted by molar-refractivity contribution is 0.218. The largest absolute Gasteiger partial charge is 0.311 e. The SMILES string of the molecule is CCCc1ccc2c(c1)sc(=O)n2CCN1C[C@H]2C[C@@H]1CN2. The average molecular weight is 317 g/mol. The maximum atomic E-state index is 12.3. The smallest absolute Gasteiger partial charge is 0.308 e. The van der Waals surface area contributed by atoms with Crippen LogP contribution in [0.2, 0.25) is 0 Å². The van der Waals surface area contributed by atoms with Gasteiger partial charge in [0, 0.05) is 38.3 Å². The third-order valence-electron chi connectivity index (χ3n) is 5.05. The molecule has 2 aromatic rings. The van der Waals surface area contributed by atoms with E-state index in [0.29, 0.717) is 12.1 Å². The molecule has 2 fully saturated rings. The molecule has 0 saturated carbocycles.